The van der Waals surface area contributed by atoms with Gasteiger partial charge < -0.3 is 10.1 Å². The Bertz CT molecular complexity index is 431. The van der Waals surface area contributed by atoms with Crippen molar-refractivity contribution in [3.05, 3.63) is 35.9 Å². The summed E-state index contributed by atoms with van der Waals surface area (Å²) in [5.41, 5.74) is 0.928. The molecule has 0 aromatic heterocycles. The summed E-state index contributed by atoms with van der Waals surface area (Å²) in [5.74, 6) is 0.0929. The molecule has 0 aliphatic rings. The molecule has 0 saturated heterocycles. The van der Waals surface area contributed by atoms with E-state index in [4.69, 9.17) is 4.74 Å². The maximum absolute atomic E-state index is 12.0. The molecule has 21 heavy (non-hydrogen) atoms. The largest absolute Gasteiger partial charge is 0.445 e. The van der Waals surface area contributed by atoms with Crippen LogP contribution in [0.1, 0.15) is 51.5 Å². The zero-order valence-electron chi connectivity index (χ0n) is 12.9. The minimum absolute atomic E-state index is 0.0929. The summed E-state index contributed by atoms with van der Waals surface area (Å²) in [6.07, 6.45) is 3.33. The lowest BCUT2D eigenvalue weighted by Gasteiger charge is -2.16. The second-order valence-corrected chi connectivity index (χ2v) is 5.12. The van der Waals surface area contributed by atoms with Crippen LogP contribution in [0.4, 0.5) is 4.79 Å². The van der Waals surface area contributed by atoms with Gasteiger partial charge in [0.1, 0.15) is 6.61 Å². The first-order valence-electron chi connectivity index (χ1n) is 7.67. The van der Waals surface area contributed by atoms with Gasteiger partial charge in [-0.1, -0.05) is 57.0 Å². The minimum Gasteiger partial charge on any atom is -0.445 e. The van der Waals surface area contributed by atoms with Crippen LogP contribution < -0.4 is 5.32 Å². The summed E-state index contributed by atoms with van der Waals surface area (Å²) < 4.78 is 5.16. The van der Waals surface area contributed by atoms with Crippen LogP contribution in [0.15, 0.2) is 30.3 Å². The van der Waals surface area contributed by atoms with E-state index in [0.717, 1.165) is 24.8 Å². The number of rotatable bonds is 9. The number of carbonyl (C=O) groups is 2. The Hall–Kier alpha value is -1.84. The molecule has 0 bridgehead atoms. The average Bonchev–Trinajstić information content (AvgIpc) is 2.51. The fourth-order valence-corrected chi connectivity index (χ4v) is 2.03. The number of ketones is 1. The van der Waals surface area contributed by atoms with Crippen LogP contribution in [-0.4, -0.2) is 17.9 Å². The Morgan fingerprint density at radius 2 is 1.86 bits per heavy atom. The number of amides is 1. The third kappa shape index (κ3) is 6.93. The summed E-state index contributed by atoms with van der Waals surface area (Å²) >= 11 is 0. The lowest BCUT2D eigenvalue weighted by atomic mass is 10.0. The van der Waals surface area contributed by atoms with E-state index in [-0.39, 0.29) is 12.4 Å². The molecular weight excluding hydrogens is 266 g/mol. The van der Waals surface area contributed by atoms with E-state index >= 15 is 0 Å². The highest BCUT2D eigenvalue weighted by molar-refractivity contribution is 5.87. The lowest BCUT2D eigenvalue weighted by Crippen LogP contribution is -2.41. The second kappa shape index (κ2) is 9.97. The molecule has 0 heterocycles. The molecule has 1 N–H and O–H groups in total. The lowest BCUT2D eigenvalue weighted by molar-refractivity contribution is -0.121. The Labute approximate surface area is 126 Å². The van der Waals surface area contributed by atoms with E-state index in [0.29, 0.717) is 12.8 Å². The van der Waals surface area contributed by atoms with Gasteiger partial charge in [-0.15, -0.1) is 0 Å². The van der Waals surface area contributed by atoms with Gasteiger partial charge in [-0.05, 0) is 18.4 Å². The molecule has 1 rings (SSSR count). The number of hydrogen-bond acceptors (Lipinski definition) is 3. The van der Waals surface area contributed by atoms with Crippen LogP contribution in [0.25, 0.3) is 0 Å². The number of carbonyl (C=O) groups excluding carboxylic acids is 2. The van der Waals surface area contributed by atoms with Crippen LogP contribution in [0.3, 0.4) is 0 Å². The second-order valence-electron chi connectivity index (χ2n) is 5.12. The Kier molecular flexibility index (Phi) is 8.17. The summed E-state index contributed by atoms with van der Waals surface area (Å²) in [4.78, 5) is 23.8. The van der Waals surface area contributed by atoms with Crippen LogP contribution in [0.2, 0.25) is 0 Å². The maximum Gasteiger partial charge on any atom is 0.408 e. The third-order valence-electron chi connectivity index (χ3n) is 3.25. The van der Waals surface area contributed by atoms with Crippen molar-refractivity contribution >= 4 is 11.9 Å². The van der Waals surface area contributed by atoms with Crippen molar-refractivity contribution in [1.29, 1.82) is 0 Å². The molecule has 1 amide bonds. The normalized spacial score (nSPS) is 11.7. The molecule has 4 nitrogen and oxygen atoms in total. The van der Waals surface area contributed by atoms with E-state index in [1.54, 1.807) is 0 Å². The fraction of sp³-hybridized carbons (Fsp3) is 0.529. The molecule has 4 heteroatoms. The first-order valence-corrected chi connectivity index (χ1v) is 7.67. The summed E-state index contributed by atoms with van der Waals surface area (Å²) in [5, 5.41) is 2.69. The molecule has 1 aromatic carbocycles. The van der Waals surface area contributed by atoms with Gasteiger partial charge >= 0.3 is 6.09 Å². The molecule has 1 atom stereocenters. The summed E-state index contributed by atoms with van der Waals surface area (Å²) in [6.45, 7) is 4.26. The first kappa shape index (κ1) is 17.2. The number of hydrogen-bond donors (Lipinski definition) is 1. The predicted octanol–water partition coefficient (Wildman–Crippen LogP) is 3.84. The van der Waals surface area contributed by atoms with Crippen LogP contribution in [0.5, 0.6) is 0 Å². The Morgan fingerprint density at radius 3 is 2.48 bits per heavy atom. The van der Waals surface area contributed by atoms with Gasteiger partial charge in [-0.3, -0.25) is 4.79 Å². The van der Waals surface area contributed by atoms with Crippen molar-refractivity contribution in [3.8, 4) is 0 Å². The van der Waals surface area contributed by atoms with E-state index < -0.39 is 12.1 Å². The molecule has 0 aliphatic carbocycles. The van der Waals surface area contributed by atoms with Crippen molar-refractivity contribution in [3.63, 3.8) is 0 Å². The number of ether oxygens (including phenoxy) is 1. The molecule has 0 unspecified atom stereocenters. The van der Waals surface area contributed by atoms with E-state index in [9.17, 15) is 9.59 Å². The van der Waals surface area contributed by atoms with E-state index in [1.165, 1.54) is 0 Å². The van der Waals surface area contributed by atoms with Crippen molar-refractivity contribution < 1.29 is 14.3 Å². The third-order valence-corrected chi connectivity index (χ3v) is 3.25. The Balaban J connectivity index is 2.42. The monoisotopic (exact) mass is 291 g/mol. The SMILES string of the molecule is CCCCC(=O)[C@H](CCC)NC(=O)OCc1ccccc1. The fourth-order valence-electron chi connectivity index (χ4n) is 2.03. The molecule has 0 saturated carbocycles. The number of alkyl carbamates (subject to hydrolysis) is 1. The topological polar surface area (TPSA) is 55.4 Å². The molecule has 0 fully saturated rings. The van der Waals surface area contributed by atoms with Crippen LogP contribution in [0, 0.1) is 0 Å². The highest BCUT2D eigenvalue weighted by Crippen LogP contribution is 2.06. The van der Waals surface area contributed by atoms with E-state index in [1.807, 2.05) is 44.2 Å². The quantitative estimate of drug-likeness (QED) is 0.752. The zero-order chi connectivity index (χ0) is 15.5. The van der Waals surface area contributed by atoms with Gasteiger partial charge in [0, 0.05) is 6.42 Å². The number of nitrogens with one attached hydrogen (secondary N) is 1. The van der Waals surface area contributed by atoms with Crippen molar-refractivity contribution in [1.82, 2.24) is 5.32 Å². The maximum atomic E-state index is 12.0. The Morgan fingerprint density at radius 1 is 1.14 bits per heavy atom. The minimum atomic E-state index is -0.526. The molecule has 0 spiro atoms. The van der Waals surface area contributed by atoms with Crippen molar-refractivity contribution in [2.75, 3.05) is 0 Å². The number of benzene rings is 1. The highest BCUT2D eigenvalue weighted by Gasteiger charge is 2.19. The van der Waals surface area contributed by atoms with Crippen LogP contribution >= 0.6 is 0 Å². The molecule has 0 radical (unpaired) electrons. The summed E-state index contributed by atoms with van der Waals surface area (Å²) in [7, 11) is 0. The highest BCUT2D eigenvalue weighted by atomic mass is 16.5. The van der Waals surface area contributed by atoms with Crippen molar-refractivity contribution in [2.45, 2.75) is 58.6 Å². The number of unbranched alkanes of at least 4 members (excludes halogenated alkanes) is 1. The van der Waals surface area contributed by atoms with Gasteiger partial charge in [0.15, 0.2) is 5.78 Å². The molecule has 116 valence electrons. The van der Waals surface area contributed by atoms with Gasteiger partial charge in [0.2, 0.25) is 0 Å². The standard InChI is InChI=1S/C17H25NO3/c1-3-5-12-16(19)15(9-4-2)18-17(20)21-13-14-10-7-6-8-11-14/h6-8,10-11,15H,3-5,9,12-13H2,1-2H3,(H,18,20)/t15-/m0/s1. The van der Waals surface area contributed by atoms with Gasteiger partial charge in [-0.2, -0.15) is 0 Å². The first-order chi connectivity index (χ1) is 10.2. The smallest absolute Gasteiger partial charge is 0.408 e. The number of Topliss-reactive ketones (excluding diaryl/α,β-unsaturated/α-hetero) is 1. The molecule has 0 aliphatic heterocycles. The zero-order valence-corrected chi connectivity index (χ0v) is 12.9. The van der Waals surface area contributed by atoms with Crippen molar-refractivity contribution in [2.24, 2.45) is 0 Å². The van der Waals surface area contributed by atoms with Gasteiger partial charge in [-0.25, -0.2) is 4.79 Å². The predicted molar refractivity (Wildman–Crippen MR) is 83.0 cm³/mol. The van der Waals surface area contributed by atoms with Crippen LogP contribution in [-0.2, 0) is 16.1 Å². The van der Waals surface area contributed by atoms with Gasteiger partial charge in [0.25, 0.3) is 0 Å². The van der Waals surface area contributed by atoms with E-state index in [2.05, 4.69) is 5.32 Å². The molecular formula is C17H25NO3. The van der Waals surface area contributed by atoms with Gasteiger partial charge in [0.05, 0.1) is 6.04 Å². The summed E-state index contributed by atoms with van der Waals surface area (Å²) in [6, 6.07) is 9.06. The average molecular weight is 291 g/mol. The molecule has 1 aromatic rings.